The van der Waals surface area contributed by atoms with Crippen molar-refractivity contribution in [1.29, 1.82) is 0 Å². The summed E-state index contributed by atoms with van der Waals surface area (Å²) in [7, 11) is 1.67. The summed E-state index contributed by atoms with van der Waals surface area (Å²) in [4.78, 5) is 26.5. The minimum atomic E-state index is -0.201. The molecular formula is C19H23N3O2. The molecule has 1 fully saturated rings. The number of benzene rings is 1. The van der Waals surface area contributed by atoms with E-state index in [4.69, 9.17) is 0 Å². The van der Waals surface area contributed by atoms with Crippen molar-refractivity contribution in [3.05, 3.63) is 70.1 Å². The number of likely N-dealkylation sites (tertiary alicyclic amines) is 1. The van der Waals surface area contributed by atoms with Crippen LogP contribution in [-0.4, -0.2) is 35.0 Å². The molecule has 1 aliphatic rings. The monoisotopic (exact) mass is 325 g/mol. The van der Waals surface area contributed by atoms with E-state index >= 15 is 0 Å². The van der Waals surface area contributed by atoms with Crippen molar-refractivity contribution in [3.63, 3.8) is 0 Å². The van der Waals surface area contributed by atoms with Gasteiger partial charge in [0.15, 0.2) is 0 Å². The molecule has 1 aromatic carbocycles. The number of aryl methyl sites for hydroxylation is 1. The van der Waals surface area contributed by atoms with Gasteiger partial charge in [0.2, 0.25) is 0 Å². The third-order valence-corrected chi connectivity index (χ3v) is 4.59. The van der Waals surface area contributed by atoms with Crippen LogP contribution >= 0.6 is 0 Å². The maximum absolute atomic E-state index is 12.4. The van der Waals surface area contributed by atoms with Crippen LogP contribution < -0.4 is 10.9 Å². The molecule has 1 saturated heterocycles. The lowest BCUT2D eigenvalue weighted by Crippen LogP contribution is -2.37. The first-order valence-electron chi connectivity index (χ1n) is 8.39. The van der Waals surface area contributed by atoms with Gasteiger partial charge in [0.05, 0.1) is 6.04 Å². The number of aromatic nitrogens is 1. The molecule has 1 atom stereocenters. The molecule has 2 aromatic rings. The van der Waals surface area contributed by atoms with Gasteiger partial charge in [0.1, 0.15) is 0 Å². The minimum Gasteiger partial charge on any atom is -0.350 e. The van der Waals surface area contributed by atoms with Gasteiger partial charge < -0.3 is 9.88 Å². The number of amides is 1. The lowest BCUT2D eigenvalue weighted by molar-refractivity contribution is 0.0937. The zero-order valence-corrected chi connectivity index (χ0v) is 13.9. The Morgan fingerprint density at radius 2 is 1.88 bits per heavy atom. The third-order valence-electron chi connectivity index (χ3n) is 4.59. The normalized spacial score (nSPS) is 16.0. The molecule has 5 nitrogen and oxygen atoms in total. The smallest absolute Gasteiger partial charge is 0.251 e. The van der Waals surface area contributed by atoms with Crippen molar-refractivity contribution in [2.45, 2.75) is 18.9 Å². The zero-order valence-electron chi connectivity index (χ0n) is 13.9. The maximum atomic E-state index is 12.4. The average molecular weight is 325 g/mol. The molecule has 3 rings (SSSR count). The third kappa shape index (κ3) is 3.74. The van der Waals surface area contributed by atoms with Gasteiger partial charge in [-0.05, 0) is 37.6 Å². The Kier molecular flexibility index (Phi) is 5.11. The molecule has 0 bridgehead atoms. The Labute approximate surface area is 141 Å². The van der Waals surface area contributed by atoms with E-state index in [0.717, 1.165) is 13.1 Å². The second-order valence-electron chi connectivity index (χ2n) is 6.24. The number of rotatable bonds is 5. The first-order valence-corrected chi connectivity index (χ1v) is 8.39. The second-order valence-corrected chi connectivity index (χ2v) is 6.24. The molecule has 0 spiro atoms. The van der Waals surface area contributed by atoms with Crippen molar-refractivity contribution in [2.75, 3.05) is 19.6 Å². The van der Waals surface area contributed by atoms with Gasteiger partial charge in [-0.25, -0.2) is 0 Å². The molecule has 1 unspecified atom stereocenters. The summed E-state index contributed by atoms with van der Waals surface area (Å²) in [5.74, 6) is -0.201. The number of carbonyl (C=O) groups is 1. The van der Waals surface area contributed by atoms with Crippen LogP contribution in [0.15, 0.2) is 53.5 Å². The Hall–Kier alpha value is -2.40. The van der Waals surface area contributed by atoms with Gasteiger partial charge >= 0.3 is 0 Å². The summed E-state index contributed by atoms with van der Waals surface area (Å²) >= 11 is 0. The van der Waals surface area contributed by atoms with Crippen molar-refractivity contribution >= 4 is 5.91 Å². The number of nitrogens with zero attached hydrogens (tertiary/aromatic N) is 2. The minimum absolute atomic E-state index is 0.171. The van der Waals surface area contributed by atoms with E-state index in [1.54, 1.807) is 19.3 Å². The standard InChI is InChI=1S/C19H23N3O2/c1-21-12-9-16(13-18(21)23)19(24)20-14-17(22-10-5-6-11-22)15-7-3-2-4-8-15/h2-4,7-9,12-13,17H,5-6,10-11,14H2,1H3,(H,20,24). The largest absolute Gasteiger partial charge is 0.350 e. The van der Waals surface area contributed by atoms with Crippen molar-refractivity contribution in [2.24, 2.45) is 7.05 Å². The number of pyridine rings is 1. The SMILES string of the molecule is Cn1ccc(C(=O)NCC(c2ccccc2)N2CCCC2)cc1=O. The van der Waals surface area contributed by atoms with Crippen LogP contribution in [0.2, 0.25) is 0 Å². The van der Waals surface area contributed by atoms with Gasteiger partial charge in [-0.1, -0.05) is 30.3 Å². The van der Waals surface area contributed by atoms with Crippen molar-refractivity contribution in [1.82, 2.24) is 14.8 Å². The van der Waals surface area contributed by atoms with Crippen LogP contribution in [0.1, 0.15) is 34.8 Å². The number of hydrogen-bond donors (Lipinski definition) is 1. The van der Waals surface area contributed by atoms with E-state index < -0.39 is 0 Å². The van der Waals surface area contributed by atoms with Crippen molar-refractivity contribution < 1.29 is 4.79 Å². The topological polar surface area (TPSA) is 54.3 Å². The van der Waals surface area contributed by atoms with E-state index in [-0.39, 0.29) is 17.5 Å². The highest BCUT2D eigenvalue weighted by Crippen LogP contribution is 2.24. The van der Waals surface area contributed by atoms with Crippen LogP contribution in [0.5, 0.6) is 0 Å². The predicted molar refractivity (Wildman–Crippen MR) is 94.0 cm³/mol. The van der Waals surface area contributed by atoms with Gasteiger partial charge in [0.25, 0.3) is 11.5 Å². The quantitative estimate of drug-likeness (QED) is 0.914. The molecule has 1 aliphatic heterocycles. The lowest BCUT2D eigenvalue weighted by Gasteiger charge is -2.28. The van der Waals surface area contributed by atoms with E-state index in [0.29, 0.717) is 12.1 Å². The average Bonchev–Trinajstić information content (AvgIpc) is 3.12. The van der Waals surface area contributed by atoms with Gasteiger partial charge in [-0.3, -0.25) is 14.5 Å². The van der Waals surface area contributed by atoms with Gasteiger partial charge in [0, 0.05) is 31.4 Å². The molecule has 5 heteroatoms. The Bertz CT molecular complexity index is 749. The highest BCUT2D eigenvalue weighted by atomic mass is 16.2. The molecule has 0 aliphatic carbocycles. The lowest BCUT2D eigenvalue weighted by atomic mass is 10.1. The molecule has 1 N–H and O–H groups in total. The van der Waals surface area contributed by atoms with E-state index in [1.807, 2.05) is 18.2 Å². The molecule has 2 heterocycles. The number of nitrogens with one attached hydrogen (secondary N) is 1. The van der Waals surface area contributed by atoms with Gasteiger partial charge in [-0.2, -0.15) is 0 Å². The number of hydrogen-bond acceptors (Lipinski definition) is 3. The fourth-order valence-electron chi connectivity index (χ4n) is 3.17. The van der Waals surface area contributed by atoms with E-state index in [2.05, 4.69) is 22.3 Å². The molecule has 24 heavy (non-hydrogen) atoms. The zero-order chi connectivity index (χ0) is 16.9. The molecule has 0 saturated carbocycles. The van der Waals surface area contributed by atoms with Crippen molar-refractivity contribution in [3.8, 4) is 0 Å². The molecule has 1 aromatic heterocycles. The molecule has 126 valence electrons. The van der Waals surface area contributed by atoms with Crippen LogP contribution in [0.4, 0.5) is 0 Å². The highest BCUT2D eigenvalue weighted by molar-refractivity contribution is 5.94. The summed E-state index contributed by atoms with van der Waals surface area (Å²) in [6.07, 6.45) is 4.02. The Balaban J connectivity index is 1.72. The number of carbonyl (C=O) groups excluding carboxylic acids is 1. The summed E-state index contributed by atoms with van der Waals surface area (Å²) < 4.78 is 1.45. The van der Waals surface area contributed by atoms with Crippen LogP contribution in [0.3, 0.4) is 0 Å². The second kappa shape index (κ2) is 7.45. The highest BCUT2D eigenvalue weighted by Gasteiger charge is 2.24. The summed E-state index contributed by atoms with van der Waals surface area (Å²) in [6, 6.07) is 13.5. The molecular weight excluding hydrogens is 302 g/mol. The predicted octanol–water partition coefficient (Wildman–Crippen LogP) is 1.95. The first-order chi connectivity index (χ1) is 11.6. The Morgan fingerprint density at radius 3 is 2.54 bits per heavy atom. The summed E-state index contributed by atoms with van der Waals surface area (Å²) in [6.45, 7) is 2.65. The first kappa shape index (κ1) is 16.5. The van der Waals surface area contributed by atoms with Crippen LogP contribution in [0, 0.1) is 0 Å². The summed E-state index contributed by atoms with van der Waals surface area (Å²) in [5, 5.41) is 2.99. The fraction of sp³-hybridized carbons (Fsp3) is 0.368. The summed E-state index contributed by atoms with van der Waals surface area (Å²) in [5.41, 5.74) is 1.44. The van der Waals surface area contributed by atoms with Crippen LogP contribution in [-0.2, 0) is 7.05 Å². The maximum Gasteiger partial charge on any atom is 0.251 e. The molecule has 1 amide bonds. The molecule has 0 radical (unpaired) electrons. The van der Waals surface area contributed by atoms with Crippen LogP contribution in [0.25, 0.3) is 0 Å². The van der Waals surface area contributed by atoms with E-state index in [1.165, 1.54) is 29.0 Å². The fourth-order valence-corrected chi connectivity index (χ4v) is 3.17. The van der Waals surface area contributed by atoms with E-state index in [9.17, 15) is 9.59 Å². The van der Waals surface area contributed by atoms with Gasteiger partial charge in [-0.15, -0.1) is 0 Å². The Morgan fingerprint density at radius 1 is 1.17 bits per heavy atom.